The largest absolute Gasteiger partial charge is 0.490 e. The molecule has 2 fully saturated rings. The van der Waals surface area contributed by atoms with Gasteiger partial charge >= 0.3 is 6.18 Å². The first-order valence-electron chi connectivity index (χ1n) is 12.1. The minimum Gasteiger partial charge on any atom is -0.490 e. The summed E-state index contributed by atoms with van der Waals surface area (Å²) in [5.74, 6) is 0.827. The minimum atomic E-state index is -4.32. The van der Waals surface area contributed by atoms with Gasteiger partial charge in [-0.05, 0) is 80.3 Å². The van der Waals surface area contributed by atoms with E-state index < -0.39 is 17.2 Å². The first-order chi connectivity index (χ1) is 16.6. The Hall–Kier alpha value is -3.00. The number of fused-ring (bicyclic) bond motifs is 1. The highest BCUT2D eigenvalue weighted by Gasteiger charge is 2.37. The van der Waals surface area contributed by atoms with Crippen LogP contribution in [0, 0.1) is 5.41 Å². The summed E-state index contributed by atoms with van der Waals surface area (Å²) >= 11 is 0. The van der Waals surface area contributed by atoms with Crippen LogP contribution in [0.3, 0.4) is 0 Å². The quantitative estimate of drug-likeness (QED) is 0.391. The number of aliphatic hydroxyl groups is 1. The highest BCUT2D eigenvalue weighted by atomic mass is 19.4. The lowest BCUT2D eigenvalue weighted by Gasteiger charge is -2.36. The molecule has 0 radical (unpaired) electrons. The fourth-order valence-electron chi connectivity index (χ4n) is 5.09. The second kappa shape index (κ2) is 8.90. The van der Waals surface area contributed by atoms with Crippen LogP contribution in [-0.4, -0.2) is 28.2 Å². The van der Waals surface area contributed by atoms with Gasteiger partial charge in [0.15, 0.2) is 0 Å². The van der Waals surface area contributed by atoms with Crippen LogP contribution in [0.5, 0.6) is 5.75 Å². The maximum Gasteiger partial charge on any atom is 0.416 e. The van der Waals surface area contributed by atoms with Crippen molar-refractivity contribution in [2.24, 2.45) is 5.41 Å². The predicted molar refractivity (Wildman–Crippen MR) is 127 cm³/mol. The molecule has 0 unspecified atom stereocenters. The summed E-state index contributed by atoms with van der Waals surface area (Å²) in [5.41, 5.74) is 1.34. The van der Waals surface area contributed by atoms with E-state index >= 15 is 0 Å². The molecule has 2 saturated carbocycles. The van der Waals surface area contributed by atoms with Gasteiger partial charge in [-0.1, -0.05) is 19.1 Å². The molecule has 5 rings (SSSR count). The van der Waals surface area contributed by atoms with Crippen molar-refractivity contribution in [1.29, 1.82) is 0 Å². The number of aromatic amines is 1. The Morgan fingerprint density at radius 1 is 1.11 bits per heavy atom. The topological polar surface area (TPSA) is 74.4 Å². The lowest BCUT2D eigenvalue weighted by molar-refractivity contribution is -0.137. The van der Waals surface area contributed by atoms with Crippen LogP contribution in [0.1, 0.15) is 62.5 Å². The summed E-state index contributed by atoms with van der Waals surface area (Å²) in [6, 6.07) is 11.1. The fraction of sp³-hybridized carbons (Fsp3) is 0.444. The van der Waals surface area contributed by atoms with E-state index in [1.165, 1.54) is 0 Å². The number of benzene rings is 2. The smallest absolute Gasteiger partial charge is 0.416 e. The summed E-state index contributed by atoms with van der Waals surface area (Å²) in [7, 11) is 0. The van der Waals surface area contributed by atoms with Gasteiger partial charge < -0.3 is 20.1 Å². The summed E-state index contributed by atoms with van der Waals surface area (Å²) in [6.45, 7) is 1.95. The van der Waals surface area contributed by atoms with Crippen molar-refractivity contribution in [3.8, 4) is 5.75 Å². The standard InChI is InChI=1S/C27H29F3N2O3/c1-26(10-8-19(33)9-11-26)25(34)32-24-15-31-23-7-6-20(14-22(23)24)35-21-12-17(13-21)16-2-4-18(5-3-16)27(28,29)30/h2-7,14-15,17,19,21,31,33H,8-13H2,1H3,(H,32,34)/t17-,19-,21-,26-. The summed E-state index contributed by atoms with van der Waals surface area (Å²) in [5, 5.41) is 13.7. The lowest BCUT2D eigenvalue weighted by atomic mass is 9.74. The zero-order valence-corrected chi connectivity index (χ0v) is 19.5. The van der Waals surface area contributed by atoms with E-state index in [0.29, 0.717) is 37.1 Å². The molecule has 1 aromatic heterocycles. The summed E-state index contributed by atoms with van der Waals surface area (Å²) in [4.78, 5) is 16.2. The number of alkyl halides is 3. The third-order valence-corrected chi connectivity index (χ3v) is 7.62. The van der Waals surface area contributed by atoms with E-state index in [9.17, 15) is 23.1 Å². The number of aromatic nitrogens is 1. The molecule has 0 spiro atoms. The van der Waals surface area contributed by atoms with Gasteiger partial charge in [0.2, 0.25) is 5.91 Å². The van der Waals surface area contributed by atoms with E-state index in [-0.39, 0.29) is 24.0 Å². The fourth-order valence-corrected chi connectivity index (χ4v) is 5.09. The second-order valence-corrected chi connectivity index (χ2v) is 10.2. The normalized spacial score (nSPS) is 26.8. The third-order valence-electron chi connectivity index (χ3n) is 7.62. The number of rotatable bonds is 5. The molecule has 3 aromatic rings. The first kappa shape index (κ1) is 23.7. The van der Waals surface area contributed by atoms with Crippen molar-refractivity contribution in [2.75, 3.05) is 5.32 Å². The van der Waals surface area contributed by atoms with Gasteiger partial charge in [0.1, 0.15) is 5.75 Å². The molecule has 0 aliphatic heterocycles. The number of hydrogen-bond donors (Lipinski definition) is 3. The van der Waals surface area contributed by atoms with Crippen LogP contribution < -0.4 is 10.1 Å². The van der Waals surface area contributed by atoms with Crippen LogP contribution in [0.15, 0.2) is 48.7 Å². The number of carbonyl (C=O) groups is 1. The highest BCUT2D eigenvalue weighted by molar-refractivity contribution is 6.03. The number of hydrogen-bond acceptors (Lipinski definition) is 3. The van der Waals surface area contributed by atoms with Crippen LogP contribution in [0.2, 0.25) is 0 Å². The van der Waals surface area contributed by atoms with Crippen molar-refractivity contribution in [3.63, 3.8) is 0 Å². The van der Waals surface area contributed by atoms with E-state index in [2.05, 4.69) is 10.3 Å². The average Bonchev–Trinajstić information content (AvgIpc) is 3.19. The molecule has 0 atom stereocenters. The van der Waals surface area contributed by atoms with Crippen LogP contribution in [0.4, 0.5) is 18.9 Å². The highest BCUT2D eigenvalue weighted by Crippen LogP contribution is 2.41. The van der Waals surface area contributed by atoms with Crippen molar-refractivity contribution in [2.45, 2.75) is 69.8 Å². The van der Waals surface area contributed by atoms with Crippen molar-refractivity contribution in [1.82, 2.24) is 4.98 Å². The maximum absolute atomic E-state index is 13.0. The number of halogens is 3. The van der Waals surface area contributed by atoms with Gasteiger partial charge in [-0.25, -0.2) is 0 Å². The van der Waals surface area contributed by atoms with Crippen molar-refractivity contribution in [3.05, 3.63) is 59.8 Å². The van der Waals surface area contributed by atoms with Crippen LogP contribution >= 0.6 is 0 Å². The SMILES string of the molecule is C[C@]1(C(=O)Nc2c[nH]c3ccc(O[C@H]4C[C@H](c5ccc(C(F)(F)F)cc5)C4)cc23)CC[C@H](O)CC1. The van der Waals surface area contributed by atoms with Gasteiger partial charge in [-0.2, -0.15) is 13.2 Å². The first-order valence-corrected chi connectivity index (χ1v) is 12.1. The van der Waals surface area contributed by atoms with Gasteiger partial charge in [-0.15, -0.1) is 0 Å². The molecule has 1 amide bonds. The molecule has 8 heteroatoms. The van der Waals surface area contributed by atoms with Gasteiger partial charge in [0, 0.05) is 22.5 Å². The number of carbonyl (C=O) groups excluding carboxylic acids is 1. The average molecular weight is 487 g/mol. The number of aliphatic hydroxyl groups excluding tert-OH is 1. The van der Waals surface area contributed by atoms with E-state index in [4.69, 9.17) is 4.74 Å². The van der Waals surface area contributed by atoms with Crippen LogP contribution in [-0.2, 0) is 11.0 Å². The van der Waals surface area contributed by atoms with E-state index in [0.717, 1.165) is 41.4 Å². The molecule has 0 bridgehead atoms. The number of ether oxygens (including phenoxy) is 1. The van der Waals surface area contributed by atoms with Gasteiger partial charge in [-0.3, -0.25) is 4.79 Å². The zero-order valence-electron chi connectivity index (χ0n) is 19.5. The molecule has 0 saturated heterocycles. The Labute approximate surface area is 201 Å². The Kier molecular flexibility index (Phi) is 6.03. The number of anilines is 1. The molecular weight excluding hydrogens is 457 g/mol. The Balaban J connectivity index is 1.21. The van der Waals surface area contributed by atoms with Gasteiger partial charge in [0.25, 0.3) is 0 Å². The molecular formula is C27H29F3N2O3. The molecule has 5 nitrogen and oxygen atoms in total. The molecule has 186 valence electrons. The minimum absolute atomic E-state index is 0.00990. The summed E-state index contributed by atoms with van der Waals surface area (Å²) < 4.78 is 44.5. The van der Waals surface area contributed by atoms with E-state index in [1.807, 2.05) is 25.1 Å². The Morgan fingerprint density at radius 2 is 1.80 bits per heavy atom. The Bertz CT molecular complexity index is 1200. The molecule has 2 aromatic carbocycles. The second-order valence-electron chi connectivity index (χ2n) is 10.2. The zero-order chi connectivity index (χ0) is 24.8. The molecule has 35 heavy (non-hydrogen) atoms. The Morgan fingerprint density at radius 3 is 2.46 bits per heavy atom. The number of amides is 1. The van der Waals surface area contributed by atoms with Crippen LogP contribution in [0.25, 0.3) is 10.9 Å². The van der Waals surface area contributed by atoms with Gasteiger partial charge in [0.05, 0.1) is 23.5 Å². The van der Waals surface area contributed by atoms with Crippen molar-refractivity contribution >= 4 is 22.5 Å². The maximum atomic E-state index is 13.0. The number of nitrogens with one attached hydrogen (secondary N) is 2. The lowest BCUT2D eigenvalue weighted by Crippen LogP contribution is -2.38. The number of H-pyrrole nitrogens is 1. The van der Waals surface area contributed by atoms with E-state index in [1.54, 1.807) is 18.3 Å². The molecule has 3 N–H and O–H groups in total. The third kappa shape index (κ3) is 4.89. The molecule has 2 aliphatic carbocycles. The summed E-state index contributed by atoms with van der Waals surface area (Å²) in [6.07, 6.45) is 1.16. The van der Waals surface area contributed by atoms with Crippen molar-refractivity contribution < 1.29 is 27.8 Å². The predicted octanol–water partition coefficient (Wildman–Crippen LogP) is 6.39. The molecule has 2 aliphatic rings. The monoisotopic (exact) mass is 486 g/mol. The molecule has 1 heterocycles.